The van der Waals surface area contributed by atoms with Gasteiger partial charge in [0.25, 0.3) is 0 Å². The van der Waals surface area contributed by atoms with Crippen molar-refractivity contribution in [3.05, 3.63) is 41.8 Å². The monoisotopic (exact) mass is 387 g/mol. The van der Waals surface area contributed by atoms with Gasteiger partial charge < -0.3 is 15.0 Å². The summed E-state index contributed by atoms with van der Waals surface area (Å²) in [5.41, 5.74) is 0. The molecule has 27 heavy (non-hydrogen) atoms. The van der Waals surface area contributed by atoms with Crippen LogP contribution in [0.2, 0.25) is 0 Å². The first kappa shape index (κ1) is 18.0. The van der Waals surface area contributed by atoms with E-state index in [0.717, 1.165) is 12.8 Å². The van der Waals surface area contributed by atoms with Gasteiger partial charge in [0.15, 0.2) is 11.0 Å². The van der Waals surface area contributed by atoms with Gasteiger partial charge in [-0.3, -0.25) is 4.79 Å². The van der Waals surface area contributed by atoms with Crippen LogP contribution in [-0.4, -0.2) is 20.6 Å². The number of halogens is 1. The van der Waals surface area contributed by atoms with Crippen molar-refractivity contribution in [2.24, 2.45) is 5.92 Å². The van der Waals surface area contributed by atoms with E-state index in [1.807, 2.05) is 0 Å². The van der Waals surface area contributed by atoms with Crippen molar-refractivity contribution in [2.75, 3.05) is 5.32 Å². The fraction of sp³-hybridized carbons (Fsp3) is 0.400. The van der Waals surface area contributed by atoms with Gasteiger partial charge in [-0.1, -0.05) is 38.2 Å². The average molecular weight is 387 g/mol. The van der Waals surface area contributed by atoms with E-state index < -0.39 is 11.9 Å². The van der Waals surface area contributed by atoms with Gasteiger partial charge >= 0.3 is 0 Å². The number of nitrogens with one attached hydrogen (secondary N) is 1. The normalized spacial score (nSPS) is 16.5. The molecule has 0 spiro atoms. The summed E-state index contributed by atoms with van der Waals surface area (Å²) in [5.74, 6) is -0.287. The molecule has 0 unspecified atom stereocenters. The Bertz CT molecular complexity index is 932. The van der Waals surface area contributed by atoms with Gasteiger partial charge in [0.05, 0.1) is 0 Å². The van der Waals surface area contributed by atoms with Gasteiger partial charge in [0, 0.05) is 28.5 Å². The molecule has 3 aromatic rings. The lowest BCUT2D eigenvalue weighted by Crippen LogP contribution is -2.28. The smallest absolute Gasteiger partial charge is 0.249 e. The fourth-order valence-electron chi connectivity index (χ4n) is 4.00. The number of carbonyl (C=O) groups excluding carboxylic acids is 1. The Labute approximate surface area is 160 Å². The summed E-state index contributed by atoms with van der Waals surface area (Å²) in [6.45, 7) is 0. The van der Waals surface area contributed by atoms with E-state index in [1.54, 1.807) is 29.9 Å². The number of nitrogens with zero attached hydrogens (tertiary/aromatic N) is 2. The Morgan fingerprint density at radius 2 is 2.15 bits per heavy atom. The van der Waals surface area contributed by atoms with Gasteiger partial charge in [0.1, 0.15) is 11.9 Å². The number of hydrogen-bond acceptors (Lipinski definition) is 4. The number of amides is 1. The molecule has 2 heterocycles. The molecule has 1 aliphatic rings. The molecular formula is C20H22FN3O2S. The number of anilines is 1. The SMILES string of the molecule is O=C(Nc1nccs1)[C@H](CC1CCCCC1)n1cc2c(F)cccc2c1O. The molecule has 1 fully saturated rings. The first-order chi connectivity index (χ1) is 13.1. The van der Waals surface area contributed by atoms with Crippen LogP contribution < -0.4 is 5.32 Å². The molecule has 4 rings (SSSR count). The van der Waals surface area contributed by atoms with E-state index in [4.69, 9.17) is 0 Å². The zero-order valence-corrected chi connectivity index (χ0v) is 15.7. The summed E-state index contributed by atoms with van der Waals surface area (Å²) in [6, 6.07) is 3.98. The Hall–Kier alpha value is -2.41. The highest BCUT2D eigenvalue weighted by Gasteiger charge is 2.29. The number of fused-ring (bicyclic) bond motifs is 1. The van der Waals surface area contributed by atoms with E-state index in [-0.39, 0.29) is 11.8 Å². The number of aromatic hydroxyl groups is 1. The van der Waals surface area contributed by atoms with Crippen molar-refractivity contribution in [3.63, 3.8) is 0 Å². The molecule has 1 amide bonds. The lowest BCUT2D eigenvalue weighted by molar-refractivity contribution is -0.120. The van der Waals surface area contributed by atoms with Crippen LogP contribution in [0.3, 0.4) is 0 Å². The van der Waals surface area contributed by atoms with Gasteiger partial charge in [0.2, 0.25) is 5.91 Å². The van der Waals surface area contributed by atoms with E-state index in [2.05, 4.69) is 10.3 Å². The third-order valence-corrected chi connectivity index (χ3v) is 6.08. The molecular weight excluding hydrogens is 365 g/mol. The molecule has 5 nitrogen and oxygen atoms in total. The number of hydrogen-bond donors (Lipinski definition) is 2. The Morgan fingerprint density at radius 3 is 2.85 bits per heavy atom. The van der Waals surface area contributed by atoms with Crippen LogP contribution in [0.15, 0.2) is 36.0 Å². The van der Waals surface area contributed by atoms with Crippen LogP contribution in [-0.2, 0) is 4.79 Å². The highest BCUT2D eigenvalue weighted by atomic mass is 32.1. The Balaban J connectivity index is 1.69. The van der Waals surface area contributed by atoms with E-state index >= 15 is 0 Å². The van der Waals surface area contributed by atoms with Gasteiger partial charge in [-0.05, 0) is 24.5 Å². The molecule has 2 N–H and O–H groups in total. The number of thiazole rings is 1. The highest BCUT2D eigenvalue weighted by Crippen LogP contribution is 2.37. The summed E-state index contributed by atoms with van der Waals surface area (Å²) in [6.07, 6.45) is 9.53. The maximum absolute atomic E-state index is 14.2. The molecule has 7 heteroatoms. The fourth-order valence-corrected chi connectivity index (χ4v) is 4.53. The Kier molecular flexibility index (Phi) is 5.11. The second-order valence-electron chi connectivity index (χ2n) is 7.14. The number of aromatic nitrogens is 2. The molecule has 0 aliphatic heterocycles. The second kappa shape index (κ2) is 7.68. The molecule has 1 atom stereocenters. The van der Waals surface area contributed by atoms with Crippen molar-refractivity contribution in [2.45, 2.75) is 44.6 Å². The number of benzene rings is 1. The lowest BCUT2D eigenvalue weighted by atomic mass is 9.84. The van der Waals surface area contributed by atoms with E-state index in [1.165, 1.54) is 41.2 Å². The molecule has 1 aromatic carbocycles. The molecule has 0 saturated heterocycles. The highest BCUT2D eigenvalue weighted by molar-refractivity contribution is 7.13. The predicted octanol–water partition coefficient (Wildman–Crippen LogP) is 5.09. The first-order valence-electron chi connectivity index (χ1n) is 9.32. The maximum Gasteiger partial charge on any atom is 0.249 e. The summed E-state index contributed by atoms with van der Waals surface area (Å²) in [7, 11) is 0. The molecule has 1 saturated carbocycles. The maximum atomic E-state index is 14.2. The van der Waals surface area contributed by atoms with Gasteiger partial charge in [-0.15, -0.1) is 11.3 Å². The van der Waals surface area contributed by atoms with Gasteiger partial charge in [-0.25, -0.2) is 9.37 Å². The second-order valence-corrected chi connectivity index (χ2v) is 8.04. The minimum absolute atomic E-state index is 0.0698. The van der Waals surface area contributed by atoms with Crippen LogP contribution in [0.5, 0.6) is 5.88 Å². The number of rotatable bonds is 5. The topological polar surface area (TPSA) is 67.2 Å². The Morgan fingerprint density at radius 1 is 1.33 bits per heavy atom. The first-order valence-corrected chi connectivity index (χ1v) is 10.2. The third kappa shape index (κ3) is 3.69. The van der Waals surface area contributed by atoms with Crippen LogP contribution in [0, 0.1) is 11.7 Å². The molecule has 142 valence electrons. The minimum Gasteiger partial charge on any atom is -0.494 e. The average Bonchev–Trinajstić information content (AvgIpc) is 3.30. The van der Waals surface area contributed by atoms with E-state index in [9.17, 15) is 14.3 Å². The largest absolute Gasteiger partial charge is 0.494 e. The van der Waals surface area contributed by atoms with Crippen LogP contribution in [0.1, 0.15) is 44.6 Å². The molecule has 2 aromatic heterocycles. The molecule has 0 radical (unpaired) electrons. The zero-order valence-electron chi connectivity index (χ0n) is 14.9. The minimum atomic E-state index is -0.608. The van der Waals surface area contributed by atoms with Crippen LogP contribution in [0.4, 0.5) is 9.52 Å². The predicted molar refractivity (Wildman–Crippen MR) is 105 cm³/mol. The number of carbonyl (C=O) groups is 1. The van der Waals surface area contributed by atoms with Gasteiger partial charge in [-0.2, -0.15) is 0 Å². The van der Waals surface area contributed by atoms with Crippen LogP contribution in [0.25, 0.3) is 10.8 Å². The van der Waals surface area contributed by atoms with Crippen LogP contribution >= 0.6 is 11.3 Å². The van der Waals surface area contributed by atoms with E-state index in [0.29, 0.717) is 28.2 Å². The van der Waals surface area contributed by atoms with Crippen molar-refractivity contribution in [1.82, 2.24) is 9.55 Å². The van der Waals surface area contributed by atoms with Crippen molar-refractivity contribution < 1.29 is 14.3 Å². The quantitative estimate of drug-likeness (QED) is 0.641. The van der Waals surface area contributed by atoms with Crippen molar-refractivity contribution >= 4 is 33.1 Å². The van der Waals surface area contributed by atoms with Crippen molar-refractivity contribution in [3.8, 4) is 5.88 Å². The lowest BCUT2D eigenvalue weighted by Gasteiger charge is -2.27. The zero-order chi connectivity index (χ0) is 18.8. The summed E-state index contributed by atoms with van der Waals surface area (Å²) in [4.78, 5) is 17.1. The third-order valence-electron chi connectivity index (χ3n) is 5.39. The molecule has 0 bridgehead atoms. The van der Waals surface area contributed by atoms with Crippen molar-refractivity contribution in [1.29, 1.82) is 0 Å². The standard InChI is InChI=1S/C20H22FN3O2S/c21-16-8-4-7-14-15(16)12-24(19(14)26)17(11-13-5-2-1-3-6-13)18(25)23-20-22-9-10-27-20/h4,7-10,12-13,17,26H,1-3,5-6,11H2,(H,22,23,25)/t17-/m0/s1. The molecule has 1 aliphatic carbocycles. The summed E-state index contributed by atoms with van der Waals surface area (Å²) < 4.78 is 15.7. The summed E-state index contributed by atoms with van der Waals surface area (Å²) in [5, 5.41) is 16.6. The summed E-state index contributed by atoms with van der Waals surface area (Å²) >= 11 is 1.35.